The normalized spacial score (nSPS) is 10.4. The van der Waals surface area contributed by atoms with Gasteiger partial charge in [0.15, 0.2) is 0 Å². The average Bonchev–Trinajstić information content (AvgIpc) is 2.84. The topological polar surface area (TPSA) is 45.9 Å². The molecule has 4 heteroatoms. The summed E-state index contributed by atoms with van der Waals surface area (Å²) in [6, 6.07) is 6.43. The second kappa shape index (κ2) is 6.73. The van der Waals surface area contributed by atoms with Crippen molar-refractivity contribution in [3.63, 3.8) is 0 Å². The lowest BCUT2D eigenvalue weighted by Gasteiger charge is -2.11. The van der Waals surface area contributed by atoms with Gasteiger partial charge in [-0.25, -0.2) is 4.98 Å². The number of rotatable bonds is 5. The first kappa shape index (κ1) is 15.5. The summed E-state index contributed by atoms with van der Waals surface area (Å²) >= 11 is 1.44. The summed E-state index contributed by atoms with van der Waals surface area (Å²) in [4.78, 5) is 5.25. The molecule has 0 saturated carbocycles. The molecule has 0 aliphatic carbocycles. The van der Waals surface area contributed by atoms with Crippen molar-refractivity contribution in [2.45, 2.75) is 47.1 Å². The lowest BCUT2D eigenvalue weighted by atomic mass is 10.1. The van der Waals surface area contributed by atoms with Crippen LogP contribution in [0.5, 0.6) is 5.75 Å². The van der Waals surface area contributed by atoms with Gasteiger partial charge in [0, 0.05) is 0 Å². The summed E-state index contributed by atoms with van der Waals surface area (Å²) in [7, 11) is 0. The fourth-order valence-electron chi connectivity index (χ4n) is 2.25. The summed E-state index contributed by atoms with van der Waals surface area (Å²) < 4.78 is 5.91. The number of hydrogen-bond donors (Lipinski definition) is 0. The second-order valence-corrected chi connectivity index (χ2v) is 6.32. The molecule has 3 nitrogen and oxygen atoms in total. The van der Waals surface area contributed by atoms with Gasteiger partial charge in [-0.1, -0.05) is 19.4 Å². The van der Waals surface area contributed by atoms with Crippen LogP contribution in [0.15, 0.2) is 12.1 Å². The maximum absolute atomic E-state index is 9.14. The molecule has 0 spiro atoms. The second-order valence-electron chi connectivity index (χ2n) is 5.24. The van der Waals surface area contributed by atoms with E-state index in [0.717, 1.165) is 34.9 Å². The molecule has 2 aromatic rings. The molecule has 110 valence electrons. The van der Waals surface area contributed by atoms with Crippen molar-refractivity contribution in [3.8, 4) is 11.8 Å². The standard InChI is InChI=1S/C17H20N2OS/c1-5-6-14-16(9-18)21-17(19-14)10-20-15-8-11(2)7-12(3)13(15)4/h7-8H,5-6,10H2,1-4H3. The Morgan fingerprint density at radius 1 is 1.29 bits per heavy atom. The van der Waals surface area contributed by atoms with Gasteiger partial charge < -0.3 is 4.74 Å². The Kier molecular flexibility index (Phi) is 4.98. The minimum atomic E-state index is 0.423. The summed E-state index contributed by atoms with van der Waals surface area (Å²) in [5.41, 5.74) is 4.48. The molecule has 0 bridgehead atoms. The lowest BCUT2D eigenvalue weighted by molar-refractivity contribution is 0.303. The highest BCUT2D eigenvalue weighted by Crippen LogP contribution is 2.26. The molecule has 0 fully saturated rings. The fourth-order valence-corrected chi connectivity index (χ4v) is 3.07. The van der Waals surface area contributed by atoms with Gasteiger partial charge in [-0.05, 0) is 49.9 Å². The van der Waals surface area contributed by atoms with Crippen molar-refractivity contribution < 1.29 is 4.74 Å². The number of ether oxygens (including phenoxy) is 1. The molecule has 0 atom stereocenters. The molecule has 21 heavy (non-hydrogen) atoms. The highest BCUT2D eigenvalue weighted by Gasteiger charge is 2.11. The first-order valence-electron chi connectivity index (χ1n) is 7.14. The van der Waals surface area contributed by atoms with Crippen LogP contribution in [0, 0.1) is 32.1 Å². The molecule has 1 heterocycles. The Morgan fingerprint density at radius 3 is 2.71 bits per heavy atom. The Balaban J connectivity index is 2.15. The predicted octanol–water partition coefficient (Wildman–Crippen LogP) is 4.47. The van der Waals surface area contributed by atoms with Gasteiger partial charge >= 0.3 is 0 Å². The molecule has 0 aliphatic rings. The Hall–Kier alpha value is -1.86. The van der Waals surface area contributed by atoms with Crippen molar-refractivity contribution in [2.24, 2.45) is 0 Å². The monoisotopic (exact) mass is 300 g/mol. The third-order valence-electron chi connectivity index (χ3n) is 3.45. The van der Waals surface area contributed by atoms with E-state index in [2.05, 4.69) is 44.8 Å². The van der Waals surface area contributed by atoms with Crippen LogP contribution < -0.4 is 4.74 Å². The van der Waals surface area contributed by atoms with E-state index >= 15 is 0 Å². The van der Waals surface area contributed by atoms with Crippen molar-refractivity contribution in [1.82, 2.24) is 4.98 Å². The molecule has 2 rings (SSSR count). The van der Waals surface area contributed by atoms with Crippen molar-refractivity contribution in [2.75, 3.05) is 0 Å². The van der Waals surface area contributed by atoms with Crippen molar-refractivity contribution >= 4 is 11.3 Å². The number of nitriles is 1. The van der Waals surface area contributed by atoms with E-state index in [1.54, 1.807) is 0 Å². The minimum Gasteiger partial charge on any atom is -0.486 e. The molecule has 0 amide bonds. The molecule has 0 N–H and O–H groups in total. The molecule has 0 saturated heterocycles. The van der Waals surface area contributed by atoms with Crippen LogP contribution >= 0.6 is 11.3 Å². The summed E-state index contributed by atoms with van der Waals surface area (Å²) in [5.74, 6) is 0.901. The minimum absolute atomic E-state index is 0.423. The quantitative estimate of drug-likeness (QED) is 0.818. The first-order chi connectivity index (χ1) is 10.0. The van der Waals surface area contributed by atoms with Gasteiger partial charge in [0.25, 0.3) is 0 Å². The van der Waals surface area contributed by atoms with E-state index in [1.165, 1.54) is 22.5 Å². The smallest absolute Gasteiger partial charge is 0.140 e. The van der Waals surface area contributed by atoms with E-state index in [4.69, 9.17) is 10.00 Å². The highest BCUT2D eigenvalue weighted by atomic mass is 32.1. The third-order valence-corrected chi connectivity index (χ3v) is 4.42. The SMILES string of the molecule is CCCc1nc(COc2cc(C)cc(C)c2C)sc1C#N. The number of nitrogens with zero attached hydrogens (tertiary/aromatic N) is 2. The van der Waals surface area contributed by atoms with Crippen LogP contribution in [0.1, 0.15) is 45.6 Å². The van der Waals surface area contributed by atoms with E-state index < -0.39 is 0 Å². The first-order valence-corrected chi connectivity index (χ1v) is 7.96. The Bertz CT molecular complexity index is 683. The zero-order valence-corrected chi connectivity index (χ0v) is 13.8. The molecule has 0 aliphatic heterocycles. The lowest BCUT2D eigenvalue weighted by Crippen LogP contribution is -1.99. The van der Waals surface area contributed by atoms with Crippen molar-refractivity contribution in [3.05, 3.63) is 44.4 Å². The molecule has 1 aromatic carbocycles. The van der Waals surface area contributed by atoms with E-state index in [0.29, 0.717) is 11.5 Å². The molecule has 1 aromatic heterocycles. The average molecular weight is 300 g/mol. The summed E-state index contributed by atoms with van der Waals surface area (Å²) in [6.07, 6.45) is 1.84. The van der Waals surface area contributed by atoms with E-state index in [-0.39, 0.29) is 0 Å². The van der Waals surface area contributed by atoms with Crippen LogP contribution in [0.4, 0.5) is 0 Å². The predicted molar refractivity (Wildman–Crippen MR) is 85.8 cm³/mol. The van der Waals surface area contributed by atoms with Gasteiger partial charge in [0.1, 0.15) is 28.3 Å². The number of aryl methyl sites for hydroxylation is 3. The van der Waals surface area contributed by atoms with Gasteiger partial charge in [0.2, 0.25) is 0 Å². The zero-order valence-electron chi connectivity index (χ0n) is 13.0. The van der Waals surface area contributed by atoms with Crippen LogP contribution in [-0.4, -0.2) is 4.98 Å². The Labute approximate surface area is 130 Å². The maximum Gasteiger partial charge on any atom is 0.140 e. The Morgan fingerprint density at radius 2 is 2.05 bits per heavy atom. The van der Waals surface area contributed by atoms with E-state index in [9.17, 15) is 0 Å². The molecular weight excluding hydrogens is 280 g/mol. The number of benzene rings is 1. The zero-order chi connectivity index (χ0) is 15.4. The largest absolute Gasteiger partial charge is 0.486 e. The number of hydrogen-bond acceptors (Lipinski definition) is 4. The maximum atomic E-state index is 9.14. The number of thiazole rings is 1. The van der Waals surface area contributed by atoms with Gasteiger partial charge in [-0.15, -0.1) is 11.3 Å². The molecule has 0 unspecified atom stereocenters. The molecular formula is C17H20N2OS. The summed E-state index contributed by atoms with van der Waals surface area (Å²) in [5, 5.41) is 10.0. The van der Waals surface area contributed by atoms with Gasteiger partial charge in [-0.2, -0.15) is 5.26 Å². The molecule has 0 radical (unpaired) electrons. The summed E-state index contributed by atoms with van der Waals surface area (Å²) in [6.45, 7) is 8.74. The fraction of sp³-hybridized carbons (Fsp3) is 0.412. The van der Waals surface area contributed by atoms with Crippen LogP contribution in [0.3, 0.4) is 0 Å². The van der Waals surface area contributed by atoms with E-state index in [1.807, 2.05) is 6.07 Å². The third kappa shape index (κ3) is 3.62. The number of aromatic nitrogens is 1. The van der Waals surface area contributed by atoms with Crippen molar-refractivity contribution in [1.29, 1.82) is 5.26 Å². The van der Waals surface area contributed by atoms with Gasteiger partial charge in [0.05, 0.1) is 5.69 Å². The van der Waals surface area contributed by atoms with Crippen LogP contribution in [0.25, 0.3) is 0 Å². The highest BCUT2D eigenvalue weighted by molar-refractivity contribution is 7.12. The van der Waals surface area contributed by atoms with Crippen LogP contribution in [0.2, 0.25) is 0 Å². The van der Waals surface area contributed by atoms with Gasteiger partial charge in [-0.3, -0.25) is 0 Å². The van der Waals surface area contributed by atoms with Crippen LogP contribution in [-0.2, 0) is 13.0 Å².